The normalized spacial score (nSPS) is 10.2. The van der Waals surface area contributed by atoms with E-state index < -0.39 is 23.5 Å². The minimum absolute atomic E-state index is 0.0263. The third-order valence-electron chi connectivity index (χ3n) is 2.78. The number of aromatic nitrogens is 1. The van der Waals surface area contributed by atoms with E-state index in [4.69, 9.17) is 9.84 Å². The lowest BCUT2D eigenvalue weighted by atomic mass is 10.2. The Balaban J connectivity index is 1.81. The summed E-state index contributed by atoms with van der Waals surface area (Å²) >= 11 is 0. The second kappa shape index (κ2) is 7.30. The minimum Gasteiger partial charge on any atom is -0.489 e. The van der Waals surface area contributed by atoms with Crippen LogP contribution >= 0.6 is 0 Å². The molecule has 0 radical (unpaired) electrons. The first kappa shape index (κ1) is 16.3. The Bertz CT molecular complexity index is 720. The highest BCUT2D eigenvalue weighted by molar-refractivity contribution is 5.93. The van der Waals surface area contributed by atoms with E-state index in [1.165, 1.54) is 12.1 Å². The zero-order valence-electron chi connectivity index (χ0n) is 11.8. The quantitative estimate of drug-likeness (QED) is 0.793. The first-order valence-corrected chi connectivity index (χ1v) is 6.53. The van der Waals surface area contributed by atoms with Gasteiger partial charge in [0.25, 0.3) is 5.91 Å². The van der Waals surface area contributed by atoms with Crippen LogP contribution in [-0.2, 0) is 0 Å². The molecular formula is C15H12F2N2O4. The molecule has 0 saturated carbocycles. The van der Waals surface area contributed by atoms with Crippen molar-refractivity contribution in [2.45, 2.75) is 0 Å². The van der Waals surface area contributed by atoms with Crippen LogP contribution in [0.5, 0.6) is 5.75 Å². The van der Waals surface area contributed by atoms with E-state index in [9.17, 15) is 18.4 Å². The Morgan fingerprint density at radius 1 is 1.22 bits per heavy atom. The van der Waals surface area contributed by atoms with E-state index in [1.54, 1.807) is 0 Å². The van der Waals surface area contributed by atoms with Crippen LogP contribution < -0.4 is 10.1 Å². The number of nitrogens with zero attached hydrogens (tertiary/aromatic N) is 1. The number of rotatable bonds is 6. The average Bonchev–Trinajstić information content (AvgIpc) is 2.53. The molecule has 1 aromatic heterocycles. The number of ether oxygens (including phenoxy) is 1. The fraction of sp³-hybridized carbons (Fsp3) is 0.133. The number of amides is 1. The van der Waals surface area contributed by atoms with E-state index in [2.05, 4.69) is 10.3 Å². The van der Waals surface area contributed by atoms with Gasteiger partial charge in [-0.15, -0.1) is 0 Å². The van der Waals surface area contributed by atoms with E-state index in [0.717, 1.165) is 18.3 Å². The molecule has 0 bridgehead atoms. The van der Waals surface area contributed by atoms with Crippen LogP contribution in [0.25, 0.3) is 0 Å². The van der Waals surface area contributed by atoms with Gasteiger partial charge < -0.3 is 15.2 Å². The molecule has 0 spiro atoms. The van der Waals surface area contributed by atoms with E-state index in [0.29, 0.717) is 6.07 Å². The van der Waals surface area contributed by atoms with Crippen molar-refractivity contribution < 1.29 is 28.2 Å². The number of hydrogen-bond acceptors (Lipinski definition) is 4. The molecule has 0 aliphatic carbocycles. The molecule has 2 aromatic rings. The summed E-state index contributed by atoms with van der Waals surface area (Å²) in [5.74, 6) is -3.32. The maximum Gasteiger partial charge on any atom is 0.337 e. The molecule has 0 unspecified atom stereocenters. The lowest BCUT2D eigenvalue weighted by Gasteiger charge is -2.08. The van der Waals surface area contributed by atoms with E-state index in [1.807, 2.05) is 0 Å². The number of carbonyl (C=O) groups excluding carboxylic acids is 1. The van der Waals surface area contributed by atoms with Gasteiger partial charge in [0.2, 0.25) is 0 Å². The predicted octanol–water partition coefficient (Wildman–Crippen LogP) is 1.87. The highest BCUT2D eigenvalue weighted by Gasteiger charge is 2.09. The summed E-state index contributed by atoms with van der Waals surface area (Å²) in [7, 11) is 0. The van der Waals surface area contributed by atoms with Crippen LogP contribution in [0, 0.1) is 11.6 Å². The first-order valence-electron chi connectivity index (χ1n) is 6.53. The highest BCUT2D eigenvalue weighted by Crippen LogP contribution is 2.17. The van der Waals surface area contributed by atoms with Gasteiger partial charge in [0, 0.05) is 12.3 Å². The van der Waals surface area contributed by atoms with Crippen LogP contribution in [-0.4, -0.2) is 35.1 Å². The number of benzene rings is 1. The number of carboxylic acids is 1. The standard InChI is InChI=1S/C15H12F2N2O4/c16-10-2-4-13(11(17)7-10)23-6-5-18-14(20)12-3-1-9(8-19-12)15(21)22/h1-4,7-8H,5-6H2,(H,18,20)(H,21,22). The van der Waals surface area contributed by atoms with Crippen molar-refractivity contribution in [2.24, 2.45) is 0 Å². The van der Waals surface area contributed by atoms with Crippen LogP contribution in [0.15, 0.2) is 36.5 Å². The van der Waals surface area contributed by atoms with Crippen molar-refractivity contribution in [3.05, 3.63) is 59.4 Å². The largest absolute Gasteiger partial charge is 0.489 e. The molecule has 120 valence electrons. The minimum atomic E-state index is -1.14. The molecule has 2 N–H and O–H groups in total. The second-order valence-electron chi connectivity index (χ2n) is 4.42. The summed E-state index contributed by atoms with van der Waals surface area (Å²) in [5, 5.41) is 11.2. The van der Waals surface area contributed by atoms with Gasteiger partial charge >= 0.3 is 5.97 Å². The van der Waals surface area contributed by atoms with Gasteiger partial charge in [-0.1, -0.05) is 0 Å². The summed E-state index contributed by atoms with van der Waals surface area (Å²) < 4.78 is 31.1. The maximum atomic E-state index is 13.3. The number of hydrogen-bond donors (Lipinski definition) is 2. The fourth-order valence-electron chi connectivity index (χ4n) is 1.66. The second-order valence-corrected chi connectivity index (χ2v) is 4.42. The van der Waals surface area contributed by atoms with Crippen LogP contribution in [0.1, 0.15) is 20.8 Å². The Morgan fingerprint density at radius 2 is 2.00 bits per heavy atom. The van der Waals surface area contributed by atoms with Crippen molar-refractivity contribution in [3.63, 3.8) is 0 Å². The molecule has 2 rings (SSSR count). The molecule has 0 fully saturated rings. The molecule has 0 aliphatic rings. The third kappa shape index (κ3) is 4.47. The number of aromatic carboxylic acids is 1. The lowest BCUT2D eigenvalue weighted by Crippen LogP contribution is -2.28. The van der Waals surface area contributed by atoms with Gasteiger partial charge in [0.05, 0.1) is 12.1 Å². The van der Waals surface area contributed by atoms with Crippen LogP contribution in [0.2, 0.25) is 0 Å². The number of halogens is 2. The number of carbonyl (C=O) groups is 2. The number of carboxylic acid groups (broad SMARTS) is 1. The zero-order valence-corrected chi connectivity index (χ0v) is 11.8. The van der Waals surface area contributed by atoms with E-state index in [-0.39, 0.29) is 30.2 Å². The van der Waals surface area contributed by atoms with Crippen molar-refractivity contribution in [2.75, 3.05) is 13.2 Å². The van der Waals surface area contributed by atoms with Gasteiger partial charge in [0.1, 0.15) is 18.1 Å². The summed E-state index contributed by atoms with van der Waals surface area (Å²) in [5.41, 5.74) is 0.0135. The monoisotopic (exact) mass is 322 g/mol. The maximum absolute atomic E-state index is 13.3. The Labute approximate surface area is 129 Å². The topological polar surface area (TPSA) is 88.5 Å². The lowest BCUT2D eigenvalue weighted by molar-refractivity contribution is 0.0695. The van der Waals surface area contributed by atoms with Crippen molar-refractivity contribution in [1.29, 1.82) is 0 Å². The van der Waals surface area contributed by atoms with Crippen molar-refractivity contribution in [3.8, 4) is 5.75 Å². The van der Waals surface area contributed by atoms with Crippen molar-refractivity contribution in [1.82, 2.24) is 10.3 Å². The van der Waals surface area contributed by atoms with Gasteiger partial charge in [-0.25, -0.2) is 13.6 Å². The summed E-state index contributed by atoms with van der Waals surface area (Å²) in [6, 6.07) is 5.44. The van der Waals surface area contributed by atoms with Gasteiger partial charge in [-0.05, 0) is 24.3 Å². The smallest absolute Gasteiger partial charge is 0.337 e. The van der Waals surface area contributed by atoms with Gasteiger partial charge in [0.15, 0.2) is 11.6 Å². The molecule has 0 aliphatic heterocycles. The zero-order chi connectivity index (χ0) is 16.8. The first-order chi connectivity index (χ1) is 11.0. The molecular weight excluding hydrogens is 310 g/mol. The SMILES string of the molecule is O=C(O)c1ccc(C(=O)NCCOc2ccc(F)cc2F)nc1. The molecule has 8 heteroatoms. The highest BCUT2D eigenvalue weighted by atomic mass is 19.1. The Hall–Kier alpha value is -3.03. The summed E-state index contributed by atoms with van der Waals surface area (Å²) in [4.78, 5) is 26.1. The molecule has 0 saturated heterocycles. The molecule has 6 nitrogen and oxygen atoms in total. The average molecular weight is 322 g/mol. The Morgan fingerprint density at radius 3 is 2.61 bits per heavy atom. The molecule has 1 amide bonds. The Kier molecular flexibility index (Phi) is 5.19. The van der Waals surface area contributed by atoms with Crippen LogP contribution in [0.3, 0.4) is 0 Å². The summed E-state index contributed by atoms with van der Waals surface area (Å²) in [6.45, 7) is 0.0412. The number of pyridine rings is 1. The molecule has 23 heavy (non-hydrogen) atoms. The van der Waals surface area contributed by atoms with Crippen molar-refractivity contribution >= 4 is 11.9 Å². The van der Waals surface area contributed by atoms with Crippen LogP contribution in [0.4, 0.5) is 8.78 Å². The summed E-state index contributed by atoms with van der Waals surface area (Å²) in [6.07, 6.45) is 1.07. The van der Waals surface area contributed by atoms with Gasteiger partial charge in [-0.2, -0.15) is 0 Å². The fourth-order valence-corrected chi connectivity index (χ4v) is 1.66. The third-order valence-corrected chi connectivity index (χ3v) is 2.78. The molecule has 1 aromatic carbocycles. The van der Waals surface area contributed by atoms with E-state index >= 15 is 0 Å². The molecule has 0 atom stereocenters. The molecule has 1 heterocycles. The number of nitrogens with one attached hydrogen (secondary N) is 1. The van der Waals surface area contributed by atoms with Gasteiger partial charge in [-0.3, -0.25) is 9.78 Å². The predicted molar refractivity (Wildman–Crippen MR) is 75.4 cm³/mol.